The van der Waals surface area contributed by atoms with Crippen LogP contribution in [0.1, 0.15) is 38.2 Å². The second-order valence-electron chi connectivity index (χ2n) is 7.84. The zero-order chi connectivity index (χ0) is 21.6. The molecule has 30 heavy (non-hydrogen) atoms. The Morgan fingerprint density at radius 2 is 1.97 bits per heavy atom. The fourth-order valence-corrected chi connectivity index (χ4v) is 3.89. The smallest absolute Gasteiger partial charge is 0.357 e. The Morgan fingerprint density at radius 3 is 2.63 bits per heavy atom. The number of likely N-dealkylation sites (tertiary alicyclic amines) is 1. The number of carbonyl (C=O) groups is 1. The van der Waals surface area contributed by atoms with E-state index in [0.29, 0.717) is 45.0 Å². The number of amides is 1. The summed E-state index contributed by atoms with van der Waals surface area (Å²) < 4.78 is 37.7. The SMILES string of the molecule is CCNC(=NCc1ccc(N2CCCCC2=O)cc1)NC1CCN(CC(F)(F)F)C1. The Morgan fingerprint density at radius 1 is 1.20 bits per heavy atom. The van der Waals surface area contributed by atoms with Crippen molar-refractivity contribution in [3.8, 4) is 0 Å². The highest BCUT2D eigenvalue weighted by molar-refractivity contribution is 5.93. The summed E-state index contributed by atoms with van der Waals surface area (Å²) in [5, 5.41) is 6.41. The van der Waals surface area contributed by atoms with E-state index < -0.39 is 12.7 Å². The molecule has 0 saturated carbocycles. The Bertz CT molecular complexity index is 735. The molecule has 2 saturated heterocycles. The van der Waals surface area contributed by atoms with Crippen LogP contribution in [0.4, 0.5) is 18.9 Å². The molecule has 0 spiro atoms. The van der Waals surface area contributed by atoms with Gasteiger partial charge in [-0.25, -0.2) is 4.99 Å². The van der Waals surface area contributed by atoms with E-state index in [1.807, 2.05) is 36.1 Å². The van der Waals surface area contributed by atoms with Gasteiger partial charge in [0.1, 0.15) is 0 Å². The normalized spacial score (nSPS) is 21.2. The molecular weight excluding hydrogens is 395 g/mol. The van der Waals surface area contributed by atoms with E-state index in [2.05, 4.69) is 15.6 Å². The van der Waals surface area contributed by atoms with Crippen LogP contribution in [0.3, 0.4) is 0 Å². The number of alkyl halides is 3. The van der Waals surface area contributed by atoms with Gasteiger partial charge in [0, 0.05) is 44.3 Å². The van der Waals surface area contributed by atoms with E-state index >= 15 is 0 Å². The second kappa shape index (κ2) is 10.1. The first-order valence-electron chi connectivity index (χ1n) is 10.6. The Hall–Kier alpha value is -2.29. The van der Waals surface area contributed by atoms with Crippen molar-refractivity contribution in [1.29, 1.82) is 0 Å². The third-order valence-corrected chi connectivity index (χ3v) is 5.35. The fourth-order valence-electron chi connectivity index (χ4n) is 3.89. The number of halogens is 3. The number of hydrogen-bond acceptors (Lipinski definition) is 3. The van der Waals surface area contributed by atoms with Crippen LogP contribution in [-0.2, 0) is 11.3 Å². The molecule has 6 nitrogen and oxygen atoms in total. The number of nitrogens with zero attached hydrogens (tertiary/aromatic N) is 3. The minimum absolute atomic E-state index is 0.0577. The largest absolute Gasteiger partial charge is 0.401 e. The molecule has 0 aromatic heterocycles. The molecule has 0 aliphatic carbocycles. The first kappa shape index (κ1) is 22.4. The second-order valence-corrected chi connectivity index (χ2v) is 7.84. The zero-order valence-electron chi connectivity index (χ0n) is 17.3. The maximum absolute atomic E-state index is 12.6. The number of aliphatic imine (C=N–C) groups is 1. The van der Waals surface area contributed by atoms with Gasteiger partial charge in [-0.05, 0) is 43.9 Å². The van der Waals surface area contributed by atoms with E-state index in [9.17, 15) is 18.0 Å². The van der Waals surface area contributed by atoms with Gasteiger partial charge in [-0.3, -0.25) is 9.69 Å². The first-order valence-corrected chi connectivity index (χ1v) is 10.6. The Kier molecular flexibility index (Phi) is 7.58. The number of hydrogen-bond donors (Lipinski definition) is 2. The monoisotopic (exact) mass is 425 g/mol. The van der Waals surface area contributed by atoms with Crippen LogP contribution in [0.25, 0.3) is 0 Å². The van der Waals surface area contributed by atoms with Crippen molar-refractivity contribution in [2.24, 2.45) is 4.99 Å². The summed E-state index contributed by atoms with van der Waals surface area (Å²) in [6.07, 6.45) is -0.933. The van der Waals surface area contributed by atoms with Gasteiger partial charge < -0.3 is 15.5 Å². The van der Waals surface area contributed by atoms with Crippen molar-refractivity contribution in [3.05, 3.63) is 29.8 Å². The van der Waals surface area contributed by atoms with Gasteiger partial charge in [-0.15, -0.1) is 0 Å². The van der Waals surface area contributed by atoms with Crippen molar-refractivity contribution in [1.82, 2.24) is 15.5 Å². The minimum Gasteiger partial charge on any atom is -0.357 e. The van der Waals surface area contributed by atoms with Crippen LogP contribution in [0, 0.1) is 0 Å². The van der Waals surface area contributed by atoms with E-state index in [-0.39, 0.29) is 11.9 Å². The standard InChI is InChI=1S/C21H30F3N5O/c1-2-25-20(27-17-10-12-28(14-17)15-21(22,23)24)26-13-16-6-8-18(9-7-16)29-11-4-3-5-19(29)30/h6-9,17H,2-5,10-15H2,1H3,(H2,25,26,27). The fraction of sp³-hybridized carbons (Fsp3) is 0.619. The maximum Gasteiger partial charge on any atom is 0.401 e. The highest BCUT2D eigenvalue weighted by atomic mass is 19.4. The summed E-state index contributed by atoms with van der Waals surface area (Å²) in [6.45, 7) is 3.73. The highest BCUT2D eigenvalue weighted by Gasteiger charge is 2.34. The average molecular weight is 425 g/mol. The van der Waals surface area contributed by atoms with Gasteiger partial charge in [0.2, 0.25) is 5.91 Å². The first-order chi connectivity index (χ1) is 14.3. The molecule has 1 amide bonds. The molecule has 166 valence electrons. The van der Waals surface area contributed by atoms with E-state index in [1.54, 1.807) is 0 Å². The lowest BCUT2D eigenvalue weighted by atomic mass is 10.1. The van der Waals surface area contributed by atoms with Crippen LogP contribution < -0.4 is 15.5 Å². The zero-order valence-corrected chi connectivity index (χ0v) is 17.3. The van der Waals surface area contributed by atoms with Crippen LogP contribution in [0.15, 0.2) is 29.3 Å². The van der Waals surface area contributed by atoms with Crippen molar-refractivity contribution in [3.63, 3.8) is 0 Å². The van der Waals surface area contributed by atoms with E-state index in [4.69, 9.17) is 0 Å². The molecule has 2 heterocycles. The molecule has 1 aromatic rings. The van der Waals surface area contributed by atoms with Gasteiger partial charge in [-0.1, -0.05) is 12.1 Å². The summed E-state index contributed by atoms with van der Waals surface area (Å²) in [6, 6.07) is 7.76. The predicted octanol–water partition coefficient (Wildman–Crippen LogP) is 2.90. The van der Waals surface area contributed by atoms with Crippen molar-refractivity contribution in [2.45, 2.75) is 51.4 Å². The number of benzene rings is 1. The lowest BCUT2D eigenvalue weighted by Crippen LogP contribution is -2.45. The molecular formula is C21H30F3N5O. The van der Waals surface area contributed by atoms with Crippen LogP contribution in [0.2, 0.25) is 0 Å². The maximum atomic E-state index is 12.6. The van der Waals surface area contributed by atoms with Crippen molar-refractivity contribution >= 4 is 17.6 Å². The van der Waals surface area contributed by atoms with Gasteiger partial charge in [0.25, 0.3) is 0 Å². The predicted molar refractivity (Wildman–Crippen MR) is 111 cm³/mol. The van der Waals surface area contributed by atoms with Gasteiger partial charge in [-0.2, -0.15) is 13.2 Å². The number of piperidine rings is 1. The highest BCUT2D eigenvalue weighted by Crippen LogP contribution is 2.22. The molecule has 2 aliphatic rings. The topological polar surface area (TPSA) is 60.0 Å². The van der Waals surface area contributed by atoms with Crippen LogP contribution >= 0.6 is 0 Å². The minimum atomic E-state index is -4.17. The number of anilines is 1. The third-order valence-electron chi connectivity index (χ3n) is 5.35. The van der Waals surface area contributed by atoms with Gasteiger partial charge in [0.15, 0.2) is 5.96 Å². The molecule has 1 unspecified atom stereocenters. The molecule has 2 fully saturated rings. The summed E-state index contributed by atoms with van der Waals surface area (Å²) in [5.41, 5.74) is 1.92. The summed E-state index contributed by atoms with van der Waals surface area (Å²) in [5.74, 6) is 0.772. The summed E-state index contributed by atoms with van der Waals surface area (Å²) >= 11 is 0. The van der Waals surface area contributed by atoms with Crippen LogP contribution in [0.5, 0.6) is 0 Å². The quantitative estimate of drug-likeness (QED) is 0.544. The lowest BCUT2D eigenvalue weighted by molar-refractivity contribution is -0.143. The molecule has 9 heteroatoms. The van der Waals surface area contributed by atoms with E-state index in [1.165, 1.54) is 4.90 Å². The van der Waals surface area contributed by atoms with E-state index in [0.717, 1.165) is 30.6 Å². The number of nitrogens with one attached hydrogen (secondary N) is 2. The van der Waals surface area contributed by atoms with Crippen molar-refractivity contribution in [2.75, 3.05) is 37.6 Å². The molecule has 1 aromatic carbocycles. The molecule has 2 N–H and O–H groups in total. The van der Waals surface area contributed by atoms with Gasteiger partial charge in [0.05, 0.1) is 13.1 Å². The average Bonchev–Trinajstić information content (AvgIpc) is 3.12. The lowest BCUT2D eigenvalue weighted by Gasteiger charge is -2.26. The third kappa shape index (κ3) is 6.62. The summed E-state index contributed by atoms with van der Waals surface area (Å²) in [7, 11) is 0. The van der Waals surface area contributed by atoms with Crippen molar-refractivity contribution < 1.29 is 18.0 Å². The molecule has 1 atom stereocenters. The number of carbonyl (C=O) groups excluding carboxylic acids is 1. The molecule has 0 bridgehead atoms. The Balaban J connectivity index is 1.55. The molecule has 2 aliphatic heterocycles. The Labute approximate surface area is 175 Å². The number of guanidine groups is 1. The molecule has 0 radical (unpaired) electrons. The molecule has 3 rings (SSSR count). The number of rotatable bonds is 6. The summed E-state index contributed by atoms with van der Waals surface area (Å²) in [4.78, 5) is 19.9. The van der Waals surface area contributed by atoms with Gasteiger partial charge >= 0.3 is 6.18 Å². The van der Waals surface area contributed by atoms with Crippen LogP contribution in [-0.4, -0.2) is 61.7 Å².